The maximum absolute atomic E-state index is 5.75. The SMILES string of the molecule is CSCc1noc(C2(CN)CCC2)n1. The molecule has 78 valence electrons. The van der Waals surface area contributed by atoms with E-state index in [-0.39, 0.29) is 5.41 Å². The van der Waals surface area contributed by atoms with Crippen LogP contribution in [0.25, 0.3) is 0 Å². The zero-order chi connectivity index (χ0) is 10.0. The highest BCUT2D eigenvalue weighted by Gasteiger charge is 2.42. The van der Waals surface area contributed by atoms with Gasteiger partial charge in [0.25, 0.3) is 0 Å². The van der Waals surface area contributed by atoms with Gasteiger partial charge in [0.1, 0.15) is 0 Å². The van der Waals surface area contributed by atoms with Crippen LogP contribution in [0.3, 0.4) is 0 Å². The molecule has 0 unspecified atom stereocenters. The molecule has 2 N–H and O–H groups in total. The Balaban J connectivity index is 2.15. The summed E-state index contributed by atoms with van der Waals surface area (Å²) in [4.78, 5) is 4.39. The lowest BCUT2D eigenvalue weighted by Gasteiger charge is -2.36. The fraction of sp³-hybridized carbons (Fsp3) is 0.778. The predicted molar refractivity (Wildman–Crippen MR) is 56.1 cm³/mol. The Morgan fingerprint density at radius 2 is 2.36 bits per heavy atom. The van der Waals surface area contributed by atoms with Crippen LogP contribution in [0.5, 0.6) is 0 Å². The monoisotopic (exact) mass is 213 g/mol. The Morgan fingerprint density at radius 3 is 2.86 bits per heavy atom. The molecule has 0 bridgehead atoms. The molecule has 1 aromatic heterocycles. The molecule has 0 saturated heterocycles. The Kier molecular flexibility index (Phi) is 2.78. The third kappa shape index (κ3) is 1.54. The summed E-state index contributed by atoms with van der Waals surface area (Å²) in [6, 6.07) is 0. The lowest BCUT2D eigenvalue weighted by atomic mass is 9.69. The quantitative estimate of drug-likeness (QED) is 0.817. The van der Waals surface area contributed by atoms with E-state index >= 15 is 0 Å². The summed E-state index contributed by atoms with van der Waals surface area (Å²) in [5, 5.41) is 3.94. The van der Waals surface area contributed by atoms with Gasteiger partial charge in [-0.25, -0.2) is 0 Å². The lowest BCUT2D eigenvalue weighted by Crippen LogP contribution is -2.41. The van der Waals surface area contributed by atoms with E-state index in [2.05, 4.69) is 10.1 Å². The maximum atomic E-state index is 5.75. The maximum Gasteiger partial charge on any atom is 0.234 e. The summed E-state index contributed by atoms with van der Waals surface area (Å²) in [5.74, 6) is 2.34. The highest BCUT2D eigenvalue weighted by Crippen LogP contribution is 2.41. The van der Waals surface area contributed by atoms with Crippen LogP contribution in [0.1, 0.15) is 31.0 Å². The fourth-order valence-corrected chi connectivity index (χ4v) is 2.14. The minimum Gasteiger partial charge on any atom is -0.339 e. The van der Waals surface area contributed by atoms with Crippen molar-refractivity contribution in [3.8, 4) is 0 Å². The fourth-order valence-electron chi connectivity index (χ4n) is 1.77. The normalized spacial score (nSPS) is 19.3. The molecule has 0 radical (unpaired) electrons. The van der Waals surface area contributed by atoms with Crippen molar-refractivity contribution in [3.05, 3.63) is 11.7 Å². The number of hydrogen-bond donors (Lipinski definition) is 1. The van der Waals surface area contributed by atoms with Gasteiger partial charge in [-0.3, -0.25) is 0 Å². The summed E-state index contributed by atoms with van der Waals surface area (Å²) in [6.07, 6.45) is 5.42. The first-order valence-electron chi connectivity index (χ1n) is 4.83. The molecule has 1 aromatic rings. The second-order valence-corrected chi connectivity index (χ2v) is 4.65. The Bertz CT molecular complexity index is 303. The van der Waals surface area contributed by atoms with Gasteiger partial charge in [-0.2, -0.15) is 16.7 Å². The van der Waals surface area contributed by atoms with E-state index in [1.54, 1.807) is 11.8 Å². The number of nitrogens with zero attached hydrogens (tertiary/aromatic N) is 2. The summed E-state index contributed by atoms with van der Waals surface area (Å²) < 4.78 is 5.26. The van der Waals surface area contributed by atoms with Crippen LogP contribution in [0.4, 0.5) is 0 Å². The number of rotatable bonds is 4. The van der Waals surface area contributed by atoms with Gasteiger partial charge in [-0.1, -0.05) is 11.6 Å². The molecule has 0 atom stereocenters. The highest BCUT2D eigenvalue weighted by atomic mass is 32.2. The van der Waals surface area contributed by atoms with E-state index in [4.69, 9.17) is 10.3 Å². The third-order valence-electron chi connectivity index (χ3n) is 2.90. The Labute approximate surface area is 87.6 Å². The van der Waals surface area contributed by atoms with Crippen LogP contribution in [-0.4, -0.2) is 22.9 Å². The first kappa shape index (κ1) is 9.98. The van der Waals surface area contributed by atoms with Crippen molar-refractivity contribution in [1.82, 2.24) is 10.1 Å². The number of nitrogens with two attached hydrogens (primary N) is 1. The second kappa shape index (κ2) is 3.90. The first-order valence-corrected chi connectivity index (χ1v) is 6.22. The zero-order valence-corrected chi connectivity index (χ0v) is 9.14. The molecule has 5 heteroatoms. The van der Waals surface area contributed by atoms with Crippen molar-refractivity contribution in [3.63, 3.8) is 0 Å². The van der Waals surface area contributed by atoms with Crippen LogP contribution in [0.2, 0.25) is 0 Å². The van der Waals surface area contributed by atoms with Gasteiger partial charge < -0.3 is 10.3 Å². The van der Waals surface area contributed by atoms with Crippen molar-refractivity contribution in [1.29, 1.82) is 0 Å². The van der Waals surface area contributed by atoms with Crippen LogP contribution in [0.15, 0.2) is 4.52 Å². The predicted octanol–water partition coefficient (Wildman–Crippen LogP) is 1.31. The molecule has 0 spiro atoms. The Morgan fingerprint density at radius 1 is 1.57 bits per heavy atom. The van der Waals surface area contributed by atoms with Gasteiger partial charge in [-0.05, 0) is 19.1 Å². The van der Waals surface area contributed by atoms with Crippen molar-refractivity contribution < 1.29 is 4.52 Å². The molecule has 0 aromatic carbocycles. The average Bonchev–Trinajstić information content (AvgIpc) is 2.54. The number of hydrogen-bond acceptors (Lipinski definition) is 5. The van der Waals surface area contributed by atoms with E-state index in [1.165, 1.54) is 6.42 Å². The molecular weight excluding hydrogens is 198 g/mol. The van der Waals surface area contributed by atoms with Gasteiger partial charge in [0, 0.05) is 6.54 Å². The van der Waals surface area contributed by atoms with Crippen molar-refractivity contribution in [2.45, 2.75) is 30.4 Å². The summed E-state index contributed by atoms with van der Waals surface area (Å²) >= 11 is 1.70. The van der Waals surface area contributed by atoms with E-state index in [0.717, 1.165) is 30.3 Å². The largest absolute Gasteiger partial charge is 0.339 e. The average molecular weight is 213 g/mol. The van der Waals surface area contributed by atoms with Crippen LogP contribution in [0, 0.1) is 0 Å². The van der Waals surface area contributed by atoms with E-state index < -0.39 is 0 Å². The minimum absolute atomic E-state index is 0.00363. The molecule has 2 rings (SSSR count). The second-order valence-electron chi connectivity index (χ2n) is 3.79. The first-order chi connectivity index (χ1) is 6.80. The van der Waals surface area contributed by atoms with Crippen LogP contribution >= 0.6 is 11.8 Å². The van der Waals surface area contributed by atoms with Gasteiger partial charge >= 0.3 is 0 Å². The Hall–Kier alpha value is -0.550. The van der Waals surface area contributed by atoms with Gasteiger partial charge in [0.2, 0.25) is 5.89 Å². The molecule has 0 aliphatic heterocycles. The lowest BCUT2D eigenvalue weighted by molar-refractivity contribution is 0.181. The molecular formula is C9H15N3OS. The standard InChI is InChI=1S/C9H15N3OS/c1-14-5-7-11-8(13-12-7)9(6-10)3-2-4-9/h2-6,10H2,1H3. The topological polar surface area (TPSA) is 64.9 Å². The van der Waals surface area contributed by atoms with Crippen molar-refractivity contribution in [2.75, 3.05) is 12.8 Å². The summed E-state index contributed by atoms with van der Waals surface area (Å²) in [6.45, 7) is 0.619. The molecule has 4 nitrogen and oxygen atoms in total. The smallest absolute Gasteiger partial charge is 0.234 e. The molecule has 1 aliphatic carbocycles. The molecule has 1 fully saturated rings. The summed E-state index contributed by atoms with van der Waals surface area (Å²) in [5.41, 5.74) is 5.75. The molecule has 0 amide bonds. The molecule has 1 saturated carbocycles. The van der Waals surface area contributed by atoms with Gasteiger partial charge in [0.15, 0.2) is 5.82 Å². The molecule has 1 aliphatic rings. The summed E-state index contributed by atoms with van der Waals surface area (Å²) in [7, 11) is 0. The van der Waals surface area contributed by atoms with Gasteiger partial charge in [0.05, 0.1) is 11.2 Å². The molecule has 1 heterocycles. The third-order valence-corrected chi connectivity index (χ3v) is 3.44. The highest BCUT2D eigenvalue weighted by molar-refractivity contribution is 7.97. The minimum atomic E-state index is 0.00363. The zero-order valence-electron chi connectivity index (χ0n) is 8.32. The van der Waals surface area contributed by atoms with Crippen LogP contribution in [-0.2, 0) is 11.2 Å². The number of thioether (sulfide) groups is 1. The number of aromatic nitrogens is 2. The van der Waals surface area contributed by atoms with E-state index in [0.29, 0.717) is 6.54 Å². The van der Waals surface area contributed by atoms with Crippen molar-refractivity contribution >= 4 is 11.8 Å². The van der Waals surface area contributed by atoms with Crippen LogP contribution < -0.4 is 5.73 Å². The molecule has 14 heavy (non-hydrogen) atoms. The van der Waals surface area contributed by atoms with Crippen molar-refractivity contribution in [2.24, 2.45) is 5.73 Å². The van der Waals surface area contributed by atoms with Gasteiger partial charge in [-0.15, -0.1) is 0 Å². The van der Waals surface area contributed by atoms with E-state index in [9.17, 15) is 0 Å². The van der Waals surface area contributed by atoms with E-state index in [1.807, 2.05) is 6.26 Å².